The Morgan fingerprint density at radius 3 is 2.08 bits per heavy atom. The molecule has 25 heavy (non-hydrogen) atoms. The van der Waals surface area contributed by atoms with Crippen LogP contribution in [0.25, 0.3) is 10.8 Å². The predicted octanol–water partition coefficient (Wildman–Crippen LogP) is 6.19. The second kappa shape index (κ2) is 9.36. The lowest BCUT2D eigenvalue weighted by Crippen LogP contribution is -1.80. The molecule has 0 aliphatic heterocycles. The molecular formula is C25H22. The molecule has 3 aromatic carbocycles. The van der Waals surface area contributed by atoms with E-state index in [0.717, 1.165) is 36.8 Å². The van der Waals surface area contributed by atoms with Gasteiger partial charge in [0.05, 0.1) is 0 Å². The Morgan fingerprint density at radius 2 is 1.24 bits per heavy atom. The molecule has 0 aliphatic carbocycles. The molecule has 3 aromatic rings. The van der Waals surface area contributed by atoms with Crippen LogP contribution in [0.5, 0.6) is 0 Å². The molecule has 122 valence electrons. The van der Waals surface area contributed by atoms with Crippen LogP contribution in [-0.2, 0) is 0 Å². The highest BCUT2D eigenvalue weighted by Crippen LogP contribution is 2.17. The van der Waals surface area contributed by atoms with Crippen molar-refractivity contribution in [1.29, 1.82) is 0 Å². The third-order valence-corrected chi connectivity index (χ3v) is 4.12. The number of hydrogen-bond donors (Lipinski definition) is 0. The Labute approximate surface area is 150 Å². The van der Waals surface area contributed by atoms with Gasteiger partial charge in [-0.3, -0.25) is 0 Å². The van der Waals surface area contributed by atoms with Crippen LogP contribution >= 0.6 is 0 Å². The summed E-state index contributed by atoms with van der Waals surface area (Å²) in [6, 6.07) is 24.9. The first kappa shape index (κ1) is 16.9. The average Bonchev–Trinajstić information content (AvgIpc) is 2.67. The third kappa shape index (κ3) is 5.27. The number of unbranched alkanes of at least 4 members (excludes halogenated alkanes) is 4. The van der Waals surface area contributed by atoms with Crippen LogP contribution in [0.2, 0.25) is 0 Å². The molecule has 0 heteroatoms. The van der Waals surface area contributed by atoms with Crippen LogP contribution in [-0.4, -0.2) is 0 Å². The lowest BCUT2D eigenvalue weighted by atomic mass is 10.0. The van der Waals surface area contributed by atoms with Gasteiger partial charge in [-0.1, -0.05) is 84.7 Å². The van der Waals surface area contributed by atoms with Gasteiger partial charge in [-0.05, 0) is 41.8 Å². The normalized spacial score (nSPS) is 9.76. The molecule has 0 bridgehead atoms. The highest BCUT2D eigenvalue weighted by molar-refractivity contribution is 5.88. The summed E-state index contributed by atoms with van der Waals surface area (Å²) in [4.78, 5) is 0. The fraction of sp³-hybridized carbons (Fsp3) is 0.200. The Hall–Kier alpha value is -2.96. The molecule has 0 atom stereocenters. The van der Waals surface area contributed by atoms with E-state index in [1.807, 2.05) is 18.2 Å². The smallest absolute Gasteiger partial charge is 0.0323 e. The summed E-state index contributed by atoms with van der Waals surface area (Å²) in [7, 11) is 0. The van der Waals surface area contributed by atoms with Crippen molar-refractivity contribution in [2.45, 2.75) is 32.1 Å². The molecule has 0 spiro atoms. The van der Waals surface area contributed by atoms with E-state index in [1.54, 1.807) is 0 Å². The lowest BCUT2D eigenvalue weighted by molar-refractivity contribution is 0.709. The van der Waals surface area contributed by atoms with Gasteiger partial charge in [0.1, 0.15) is 0 Å². The van der Waals surface area contributed by atoms with E-state index in [2.05, 4.69) is 78.3 Å². The van der Waals surface area contributed by atoms with E-state index >= 15 is 0 Å². The van der Waals surface area contributed by atoms with Crippen LogP contribution in [0.3, 0.4) is 0 Å². The first-order valence-electron chi connectivity index (χ1n) is 8.94. The fourth-order valence-electron chi connectivity index (χ4n) is 2.78. The number of hydrogen-bond acceptors (Lipinski definition) is 0. The summed E-state index contributed by atoms with van der Waals surface area (Å²) in [6.07, 6.45) is 5.40. The average molecular weight is 322 g/mol. The second-order valence-electron chi connectivity index (χ2n) is 6.06. The Kier molecular flexibility index (Phi) is 6.32. The van der Waals surface area contributed by atoms with Crippen molar-refractivity contribution < 1.29 is 0 Å². The summed E-state index contributed by atoms with van der Waals surface area (Å²) < 4.78 is 0. The summed E-state index contributed by atoms with van der Waals surface area (Å²) in [5.74, 6) is 13.1. The van der Waals surface area contributed by atoms with Gasteiger partial charge in [-0.2, -0.15) is 0 Å². The SMILES string of the molecule is C(#Cc1ccccc1)CCCCCC#Cc1cccc2ccccc12. The van der Waals surface area contributed by atoms with E-state index in [4.69, 9.17) is 0 Å². The minimum atomic E-state index is 0.954. The monoisotopic (exact) mass is 322 g/mol. The first-order valence-corrected chi connectivity index (χ1v) is 8.94. The second-order valence-corrected chi connectivity index (χ2v) is 6.06. The molecule has 0 aromatic heterocycles. The van der Waals surface area contributed by atoms with Crippen molar-refractivity contribution in [3.63, 3.8) is 0 Å². The van der Waals surface area contributed by atoms with Gasteiger partial charge in [0.15, 0.2) is 0 Å². The molecule has 0 nitrogen and oxygen atoms in total. The van der Waals surface area contributed by atoms with Crippen LogP contribution < -0.4 is 0 Å². The van der Waals surface area contributed by atoms with Gasteiger partial charge < -0.3 is 0 Å². The molecule has 3 rings (SSSR count). The summed E-state index contributed by atoms with van der Waals surface area (Å²) in [6.45, 7) is 0. The number of benzene rings is 3. The summed E-state index contributed by atoms with van der Waals surface area (Å²) >= 11 is 0. The fourth-order valence-corrected chi connectivity index (χ4v) is 2.78. The van der Waals surface area contributed by atoms with Crippen LogP contribution in [0, 0.1) is 23.7 Å². The van der Waals surface area contributed by atoms with E-state index in [0.29, 0.717) is 0 Å². The topological polar surface area (TPSA) is 0 Å². The molecule has 0 saturated heterocycles. The molecule has 0 amide bonds. The van der Waals surface area contributed by atoms with Crippen LogP contribution in [0.1, 0.15) is 43.2 Å². The molecule has 0 fully saturated rings. The minimum absolute atomic E-state index is 0.954. The van der Waals surface area contributed by atoms with Crippen molar-refractivity contribution in [1.82, 2.24) is 0 Å². The Balaban J connectivity index is 1.41. The van der Waals surface area contributed by atoms with Gasteiger partial charge in [-0.25, -0.2) is 0 Å². The zero-order valence-corrected chi connectivity index (χ0v) is 14.5. The van der Waals surface area contributed by atoms with Gasteiger partial charge >= 0.3 is 0 Å². The van der Waals surface area contributed by atoms with E-state index in [-0.39, 0.29) is 0 Å². The quantitative estimate of drug-likeness (QED) is 0.396. The van der Waals surface area contributed by atoms with Gasteiger partial charge in [0.2, 0.25) is 0 Å². The first-order chi connectivity index (χ1) is 12.4. The van der Waals surface area contributed by atoms with Crippen molar-refractivity contribution in [3.8, 4) is 23.7 Å². The summed E-state index contributed by atoms with van der Waals surface area (Å²) in [5, 5.41) is 2.50. The maximum atomic E-state index is 3.33. The van der Waals surface area contributed by atoms with Crippen molar-refractivity contribution >= 4 is 10.8 Å². The van der Waals surface area contributed by atoms with Gasteiger partial charge in [0.25, 0.3) is 0 Å². The van der Waals surface area contributed by atoms with Crippen LogP contribution in [0.15, 0.2) is 72.8 Å². The van der Waals surface area contributed by atoms with Crippen LogP contribution in [0.4, 0.5) is 0 Å². The maximum Gasteiger partial charge on any atom is 0.0323 e. The minimum Gasteiger partial charge on any atom is -0.0979 e. The zero-order chi connectivity index (χ0) is 17.2. The van der Waals surface area contributed by atoms with Crippen molar-refractivity contribution in [3.05, 3.63) is 83.9 Å². The van der Waals surface area contributed by atoms with E-state index in [1.165, 1.54) is 17.2 Å². The van der Waals surface area contributed by atoms with E-state index < -0.39 is 0 Å². The van der Waals surface area contributed by atoms with Gasteiger partial charge in [0, 0.05) is 24.0 Å². The van der Waals surface area contributed by atoms with Gasteiger partial charge in [-0.15, -0.1) is 0 Å². The van der Waals surface area contributed by atoms with Crippen molar-refractivity contribution in [2.24, 2.45) is 0 Å². The third-order valence-electron chi connectivity index (χ3n) is 4.12. The standard InChI is InChI=1S/C25H22/c1(2-4-7-14-22-15-8-6-9-16-22)3-5-10-17-23-19-13-20-24-18-11-12-21-25(23)24/h6,8-9,11-13,15-16,18-21H,1-5H2. The molecule has 0 N–H and O–H groups in total. The molecule has 0 radical (unpaired) electrons. The Bertz CT molecular complexity index is 922. The molecule has 0 saturated carbocycles. The number of rotatable bonds is 4. The summed E-state index contributed by atoms with van der Waals surface area (Å²) in [5.41, 5.74) is 2.23. The molecular weight excluding hydrogens is 300 g/mol. The Morgan fingerprint density at radius 1 is 0.560 bits per heavy atom. The maximum absolute atomic E-state index is 3.33. The van der Waals surface area contributed by atoms with E-state index in [9.17, 15) is 0 Å². The molecule has 0 unspecified atom stereocenters. The van der Waals surface area contributed by atoms with Crippen molar-refractivity contribution in [2.75, 3.05) is 0 Å². The highest BCUT2D eigenvalue weighted by atomic mass is 14.0. The predicted molar refractivity (Wildman–Crippen MR) is 107 cm³/mol. The largest absolute Gasteiger partial charge is 0.0979 e. The molecule has 0 heterocycles. The molecule has 0 aliphatic rings. The lowest BCUT2D eigenvalue weighted by Gasteiger charge is -1.99. The zero-order valence-electron chi connectivity index (χ0n) is 14.5. The number of fused-ring (bicyclic) bond motifs is 1. The highest BCUT2D eigenvalue weighted by Gasteiger charge is 1.95.